The minimum absolute atomic E-state index is 0.0890. The van der Waals surface area contributed by atoms with E-state index in [2.05, 4.69) is 69.6 Å². The molecule has 5 aromatic heterocycles. The Bertz CT molecular complexity index is 3600. The molecule has 11 aromatic rings. The van der Waals surface area contributed by atoms with Crippen LogP contribution in [0.5, 0.6) is 23.0 Å². The Hall–Kier alpha value is -8.10. The van der Waals surface area contributed by atoms with Gasteiger partial charge >= 0.3 is 0 Å². The van der Waals surface area contributed by atoms with Gasteiger partial charge in [0.25, 0.3) is 0 Å². The van der Waals surface area contributed by atoms with E-state index in [-0.39, 0.29) is 11.3 Å². The highest BCUT2D eigenvalue weighted by Crippen LogP contribution is 2.38. The van der Waals surface area contributed by atoms with Crippen LogP contribution in [0.4, 0.5) is 0 Å². The van der Waals surface area contributed by atoms with Gasteiger partial charge in [0.05, 0.1) is 45.8 Å². The molecule has 5 heterocycles. The zero-order valence-corrected chi connectivity index (χ0v) is 33.2. The van der Waals surface area contributed by atoms with Crippen molar-refractivity contribution in [1.82, 2.24) is 29.1 Å². The predicted octanol–water partition coefficient (Wildman–Crippen LogP) is 13.3. The van der Waals surface area contributed by atoms with Gasteiger partial charge in [-0.05, 0) is 116 Å². The van der Waals surface area contributed by atoms with E-state index in [0.717, 1.165) is 71.9 Å². The zero-order chi connectivity index (χ0) is 43.5. The molecule has 0 spiro atoms. The maximum Gasteiger partial charge on any atom is 0.137 e. The Morgan fingerprint density at radius 3 is 1.56 bits per heavy atom. The van der Waals surface area contributed by atoms with Crippen LogP contribution in [0.25, 0.3) is 77.8 Å². The van der Waals surface area contributed by atoms with E-state index in [0.29, 0.717) is 34.2 Å². The summed E-state index contributed by atoms with van der Waals surface area (Å²) < 4.78 is 42.3. The number of fused-ring (bicyclic) bond motifs is 6. The van der Waals surface area contributed by atoms with Gasteiger partial charge in [0.15, 0.2) is 0 Å². The molecule has 0 atom stereocenters. The van der Waals surface area contributed by atoms with Gasteiger partial charge in [-0.15, -0.1) is 0 Å². The summed E-state index contributed by atoms with van der Waals surface area (Å²) in [5.74, 6) is 3.66. The molecule has 0 N–H and O–H groups in total. The molecule has 292 valence electrons. The molecule has 0 unspecified atom stereocenters. The second-order valence-electron chi connectivity index (χ2n) is 15.2. The van der Waals surface area contributed by atoms with Gasteiger partial charge in [-0.3, -0.25) is 19.1 Å². The Kier molecular flexibility index (Phi) is 7.86. The summed E-state index contributed by atoms with van der Waals surface area (Å²) >= 11 is 0. The van der Waals surface area contributed by atoms with Crippen molar-refractivity contribution in [3.8, 4) is 57.1 Å². The number of hydrogen-bond acceptors (Lipinski definition) is 6. The standard InChI is InChI=1S/C53H38N6O2/c1-33-21-23-54-52(25-33)58-47-13-6-4-11-41(47)43-19-17-39(29-49(43)58)60-38-10-8-9-36(27-38)45-31-57-46(32-56-45)37-16-15-35(3)51(28-37)61-40-18-20-44-42-12-5-7-14-48(42)59(50(44)30-40)53-26-34(2)22-24-55-53/h4-32H,1-3H3/i3D3. The molecule has 61 heavy (non-hydrogen) atoms. The molecule has 0 fully saturated rings. The summed E-state index contributed by atoms with van der Waals surface area (Å²) in [4.78, 5) is 19.0. The van der Waals surface area contributed by atoms with Crippen LogP contribution in [-0.4, -0.2) is 29.1 Å². The zero-order valence-electron chi connectivity index (χ0n) is 36.2. The maximum absolute atomic E-state index is 8.35. The molecule has 8 heteroatoms. The predicted molar refractivity (Wildman–Crippen MR) is 244 cm³/mol. The molecule has 0 amide bonds. The lowest BCUT2D eigenvalue weighted by Gasteiger charge is -2.12. The first-order valence-corrected chi connectivity index (χ1v) is 20.0. The molecule has 0 aliphatic rings. The topological polar surface area (TPSA) is 79.9 Å². The molecule has 0 bridgehead atoms. The largest absolute Gasteiger partial charge is 0.457 e. The fourth-order valence-electron chi connectivity index (χ4n) is 8.18. The molecule has 11 rings (SSSR count). The number of pyridine rings is 2. The lowest BCUT2D eigenvalue weighted by atomic mass is 10.1. The number of rotatable bonds is 8. The second kappa shape index (κ2) is 14.6. The number of hydrogen-bond donors (Lipinski definition) is 0. The van der Waals surface area contributed by atoms with Crippen molar-refractivity contribution in [2.75, 3.05) is 0 Å². The van der Waals surface area contributed by atoms with Crippen LogP contribution < -0.4 is 9.47 Å². The molecule has 0 saturated heterocycles. The van der Waals surface area contributed by atoms with Crippen molar-refractivity contribution in [3.05, 3.63) is 193 Å². The van der Waals surface area contributed by atoms with E-state index < -0.39 is 6.85 Å². The van der Waals surface area contributed by atoms with Gasteiger partial charge in [0, 0.05) is 61.3 Å². The first-order chi connectivity index (χ1) is 31.1. The van der Waals surface area contributed by atoms with Crippen LogP contribution in [0.2, 0.25) is 0 Å². The van der Waals surface area contributed by atoms with Crippen LogP contribution in [0.1, 0.15) is 20.8 Å². The van der Waals surface area contributed by atoms with Gasteiger partial charge in [0.2, 0.25) is 0 Å². The first-order valence-electron chi connectivity index (χ1n) is 21.5. The number of ether oxygens (including phenoxy) is 2. The molecule has 0 aliphatic heterocycles. The van der Waals surface area contributed by atoms with E-state index in [4.69, 9.17) is 28.5 Å². The van der Waals surface area contributed by atoms with E-state index in [1.54, 1.807) is 36.8 Å². The van der Waals surface area contributed by atoms with E-state index in [9.17, 15) is 0 Å². The summed E-state index contributed by atoms with van der Waals surface area (Å²) in [5.41, 5.74) is 8.96. The maximum atomic E-state index is 8.35. The Morgan fingerprint density at radius 1 is 0.443 bits per heavy atom. The fraction of sp³-hybridized carbons (Fsp3) is 0.0566. The molecule has 8 nitrogen and oxygen atoms in total. The van der Waals surface area contributed by atoms with Crippen LogP contribution in [-0.2, 0) is 0 Å². The van der Waals surface area contributed by atoms with Crippen molar-refractivity contribution < 1.29 is 13.6 Å². The Balaban J connectivity index is 0.889. The molecule has 0 aliphatic carbocycles. The van der Waals surface area contributed by atoms with E-state index in [1.165, 1.54) is 0 Å². The van der Waals surface area contributed by atoms with E-state index >= 15 is 0 Å². The van der Waals surface area contributed by atoms with E-state index in [1.807, 2.05) is 98.0 Å². The van der Waals surface area contributed by atoms with Crippen LogP contribution in [0, 0.1) is 20.7 Å². The average Bonchev–Trinajstić information content (AvgIpc) is 3.81. The smallest absolute Gasteiger partial charge is 0.137 e. The van der Waals surface area contributed by atoms with Gasteiger partial charge in [-0.1, -0.05) is 60.7 Å². The molecule has 0 saturated carbocycles. The number of aromatic nitrogens is 6. The van der Waals surface area contributed by atoms with Crippen LogP contribution in [0.3, 0.4) is 0 Å². The van der Waals surface area contributed by atoms with Gasteiger partial charge in [-0.2, -0.15) is 0 Å². The van der Waals surface area contributed by atoms with Crippen molar-refractivity contribution in [1.29, 1.82) is 0 Å². The third-order valence-corrected chi connectivity index (χ3v) is 11.1. The number of benzene rings is 6. The Labute approximate surface area is 356 Å². The van der Waals surface area contributed by atoms with Gasteiger partial charge in [0.1, 0.15) is 34.6 Å². The normalized spacial score (nSPS) is 12.5. The monoisotopic (exact) mass is 793 g/mol. The summed E-state index contributed by atoms with van der Waals surface area (Å²) in [6.07, 6.45) is 7.03. The molecule has 6 aromatic carbocycles. The number of nitrogens with zero attached hydrogens (tertiary/aromatic N) is 6. The third-order valence-electron chi connectivity index (χ3n) is 11.1. The second-order valence-corrected chi connectivity index (χ2v) is 15.2. The van der Waals surface area contributed by atoms with Crippen molar-refractivity contribution in [2.45, 2.75) is 20.7 Å². The van der Waals surface area contributed by atoms with Gasteiger partial charge in [-0.25, -0.2) is 9.97 Å². The number of aryl methyl sites for hydroxylation is 3. The van der Waals surface area contributed by atoms with Gasteiger partial charge < -0.3 is 9.47 Å². The minimum atomic E-state index is -2.43. The summed E-state index contributed by atoms with van der Waals surface area (Å²) in [7, 11) is 0. The molecular weight excluding hydrogens is 753 g/mol. The van der Waals surface area contributed by atoms with Crippen LogP contribution in [0.15, 0.2) is 176 Å². The highest BCUT2D eigenvalue weighted by molar-refractivity contribution is 6.10. The SMILES string of the molecule is [2H]C([2H])([2H])c1ccc(-c2cnc(-c3cccc(Oc4ccc5c6ccccc6n(-c6cc(C)ccn6)c5c4)c3)cn2)cc1Oc1ccc2c3ccccc3n(-c3cc(C)ccn3)c2c1. The molecular formula is C53H38N6O2. The average molecular weight is 794 g/mol. The van der Waals surface area contributed by atoms with Crippen molar-refractivity contribution in [3.63, 3.8) is 0 Å². The highest BCUT2D eigenvalue weighted by Gasteiger charge is 2.17. The summed E-state index contributed by atoms with van der Waals surface area (Å²) in [6, 6.07) is 49.3. The first kappa shape index (κ1) is 32.8. The minimum Gasteiger partial charge on any atom is -0.457 e. The Morgan fingerprint density at radius 2 is 0.984 bits per heavy atom. The summed E-state index contributed by atoms with van der Waals surface area (Å²) in [6.45, 7) is 1.68. The van der Waals surface area contributed by atoms with Crippen molar-refractivity contribution >= 4 is 43.6 Å². The lowest BCUT2D eigenvalue weighted by molar-refractivity contribution is 0.479. The van der Waals surface area contributed by atoms with Crippen LogP contribution >= 0.6 is 0 Å². The van der Waals surface area contributed by atoms with Crippen molar-refractivity contribution in [2.24, 2.45) is 0 Å². The highest BCUT2D eigenvalue weighted by atomic mass is 16.5. The summed E-state index contributed by atoms with van der Waals surface area (Å²) in [5, 5.41) is 4.36. The number of para-hydroxylation sites is 2. The quantitative estimate of drug-likeness (QED) is 0.152. The molecule has 0 radical (unpaired) electrons. The fourth-order valence-corrected chi connectivity index (χ4v) is 8.18. The third kappa shape index (κ3) is 6.51. The lowest BCUT2D eigenvalue weighted by Crippen LogP contribution is -1.97.